The number of nitrogens with zero attached hydrogens (tertiary/aromatic N) is 3. The minimum absolute atomic E-state index is 0.0215. The van der Waals surface area contributed by atoms with Gasteiger partial charge in [0, 0.05) is 23.1 Å². The lowest BCUT2D eigenvalue weighted by molar-refractivity contribution is -0.116. The van der Waals surface area contributed by atoms with Crippen molar-refractivity contribution in [3.05, 3.63) is 34.2 Å². The van der Waals surface area contributed by atoms with E-state index in [2.05, 4.69) is 26.0 Å². The summed E-state index contributed by atoms with van der Waals surface area (Å²) >= 11 is 3.33. The fraction of sp³-hybridized carbons (Fsp3) is 0.400. The number of aryl methyl sites for hydroxylation is 2. The normalized spacial score (nSPS) is 14.1. The van der Waals surface area contributed by atoms with Gasteiger partial charge in [0.1, 0.15) is 10.6 Å². The van der Waals surface area contributed by atoms with Crippen LogP contribution >= 0.6 is 15.9 Å². The summed E-state index contributed by atoms with van der Waals surface area (Å²) in [6, 6.07) is 3.60. The van der Waals surface area contributed by atoms with Gasteiger partial charge in [-0.15, -0.1) is 0 Å². The Morgan fingerprint density at radius 3 is 3.00 bits per heavy atom. The number of aromatic nitrogens is 3. The van der Waals surface area contributed by atoms with Gasteiger partial charge in [-0.25, -0.2) is 13.1 Å². The van der Waals surface area contributed by atoms with Crippen LogP contribution in [0.1, 0.15) is 17.8 Å². The first-order chi connectivity index (χ1) is 11.4. The fourth-order valence-electron chi connectivity index (χ4n) is 2.50. The molecule has 0 fully saturated rings. The quantitative estimate of drug-likeness (QED) is 0.740. The minimum Gasteiger partial charge on any atom is -0.477 e. The first kappa shape index (κ1) is 17.1. The Hall–Kier alpha value is -1.74. The number of hydrogen-bond donors (Lipinski definition) is 0. The molecule has 3 heterocycles. The highest BCUT2D eigenvalue weighted by Crippen LogP contribution is 2.27. The lowest BCUT2D eigenvalue weighted by Gasteiger charge is -2.15. The number of fused-ring (bicyclic) bond motifs is 1. The molecule has 3 rings (SSSR count). The van der Waals surface area contributed by atoms with Crippen molar-refractivity contribution in [3.8, 4) is 5.88 Å². The lowest BCUT2D eigenvalue weighted by atomic mass is 10.2. The second-order valence-electron chi connectivity index (χ2n) is 5.59. The van der Waals surface area contributed by atoms with Crippen molar-refractivity contribution in [2.45, 2.75) is 31.2 Å². The van der Waals surface area contributed by atoms with Crippen molar-refractivity contribution in [1.29, 1.82) is 0 Å². The van der Waals surface area contributed by atoms with Crippen LogP contribution in [-0.4, -0.2) is 41.3 Å². The number of carbonyl (C=O) groups is 1. The largest absolute Gasteiger partial charge is 0.477 e. The van der Waals surface area contributed by atoms with Crippen LogP contribution in [0.25, 0.3) is 0 Å². The predicted octanol–water partition coefficient (Wildman–Crippen LogP) is 1.72. The molecule has 0 aliphatic carbocycles. The van der Waals surface area contributed by atoms with Gasteiger partial charge in [-0.3, -0.25) is 9.78 Å². The van der Waals surface area contributed by atoms with Crippen LogP contribution in [0.2, 0.25) is 0 Å². The number of halogens is 1. The van der Waals surface area contributed by atoms with Gasteiger partial charge < -0.3 is 4.74 Å². The maximum Gasteiger partial charge on any atom is 0.231 e. The molecular formula is C15H16BrN3O4S. The van der Waals surface area contributed by atoms with E-state index in [1.54, 1.807) is 6.07 Å². The van der Waals surface area contributed by atoms with Crippen LogP contribution in [0.5, 0.6) is 5.88 Å². The van der Waals surface area contributed by atoms with Crippen molar-refractivity contribution in [3.63, 3.8) is 0 Å². The zero-order valence-electron chi connectivity index (χ0n) is 13.0. The maximum absolute atomic E-state index is 12.5. The van der Waals surface area contributed by atoms with E-state index in [1.165, 1.54) is 10.9 Å². The van der Waals surface area contributed by atoms with E-state index < -0.39 is 21.4 Å². The molecule has 0 N–H and O–H groups in total. The van der Waals surface area contributed by atoms with Crippen LogP contribution in [-0.2, 0) is 27.6 Å². The number of ketones is 1. The van der Waals surface area contributed by atoms with E-state index in [1.807, 2.05) is 13.0 Å². The summed E-state index contributed by atoms with van der Waals surface area (Å²) in [6.45, 7) is 2.87. The van der Waals surface area contributed by atoms with Crippen molar-refractivity contribution in [2.75, 3.05) is 12.4 Å². The van der Waals surface area contributed by atoms with E-state index in [-0.39, 0.29) is 17.2 Å². The molecule has 1 aliphatic heterocycles. The minimum atomic E-state index is -3.80. The summed E-state index contributed by atoms with van der Waals surface area (Å²) in [7, 11) is -3.80. The topological polar surface area (TPSA) is 91.2 Å². The van der Waals surface area contributed by atoms with Crippen LogP contribution in [0.3, 0.4) is 0 Å². The number of pyridine rings is 1. The summed E-state index contributed by atoms with van der Waals surface area (Å²) in [5, 5.41) is 4.02. The molecule has 0 atom stereocenters. The standard InChI is InChI=1S/C15H16BrN3O4S/c1-10-3-4-12(16)13(18-10)7-11(20)9-24(21,22)14-8-17-19-5-2-6-23-15(14)19/h3-4,8H,2,5-7,9H2,1H3. The summed E-state index contributed by atoms with van der Waals surface area (Å²) in [5.41, 5.74) is 1.30. The van der Waals surface area contributed by atoms with Gasteiger partial charge in [0.2, 0.25) is 5.88 Å². The summed E-state index contributed by atoms with van der Waals surface area (Å²) in [6.07, 6.45) is 1.98. The van der Waals surface area contributed by atoms with E-state index in [4.69, 9.17) is 4.74 Å². The van der Waals surface area contributed by atoms with Gasteiger partial charge >= 0.3 is 0 Å². The molecule has 9 heteroatoms. The molecule has 0 radical (unpaired) electrons. The number of Topliss-reactive ketones (excluding diaryl/α,β-unsaturated/α-hetero) is 1. The number of hydrogen-bond acceptors (Lipinski definition) is 6. The molecule has 0 unspecified atom stereocenters. The van der Waals surface area contributed by atoms with Crippen LogP contribution in [0.4, 0.5) is 0 Å². The number of rotatable bonds is 5. The maximum atomic E-state index is 12.5. The van der Waals surface area contributed by atoms with Gasteiger partial charge in [0.15, 0.2) is 15.6 Å². The molecule has 0 bridgehead atoms. The molecule has 2 aromatic rings. The Bertz CT molecular complexity index is 892. The van der Waals surface area contributed by atoms with Crippen molar-refractivity contribution >= 4 is 31.6 Å². The summed E-state index contributed by atoms with van der Waals surface area (Å²) in [5.74, 6) is -0.801. The fourth-order valence-corrected chi connectivity index (χ4v) is 4.18. The Kier molecular flexibility index (Phi) is 4.73. The smallest absolute Gasteiger partial charge is 0.231 e. The number of ether oxygens (including phenoxy) is 1. The molecule has 0 spiro atoms. The van der Waals surface area contributed by atoms with Crippen molar-refractivity contribution in [2.24, 2.45) is 0 Å². The van der Waals surface area contributed by atoms with Gasteiger partial charge in [0.05, 0.1) is 24.9 Å². The van der Waals surface area contributed by atoms with Crippen molar-refractivity contribution in [1.82, 2.24) is 14.8 Å². The average Bonchev–Trinajstić information content (AvgIpc) is 2.95. The summed E-state index contributed by atoms with van der Waals surface area (Å²) < 4.78 is 32.7. The van der Waals surface area contributed by atoms with Crippen LogP contribution in [0.15, 0.2) is 27.7 Å². The predicted molar refractivity (Wildman–Crippen MR) is 89.8 cm³/mol. The third-order valence-corrected chi connectivity index (χ3v) is 6.00. The van der Waals surface area contributed by atoms with Gasteiger partial charge in [-0.05, 0) is 35.0 Å². The molecule has 0 amide bonds. The van der Waals surface area contributed by atoms with E-state index in [9.17, 15) is 13.2 Å². The molecule has 24 heavy (non-hydrogen) atoms. The number of carbonyl (C=O) groups excluding carboxylic acids is 1. The SMILES string of the molecule is Cc1ccc(Br)c(CC(=O)CS(=O)(=O)c2cnn3c2OCCC3)n1. The van der Waals surface area contributed by atoms with Crippen LogP contribution in [0, 0.1) is 6.92 Å². The van der Waals surface area contributed by atoms with Crippen LogP contribution < -0.4 is 4.74 Å². The Labute approximate surface area is 148 Å². The summed E-state index contributed by atoms with van der Waals surface area (Å²) in [4.78, 5) is 16.5. The third kappa shape index (κ3) is 3.51. The second-order valence-corrected chi connectivity index (χ2v) is 8.41. The van der Waals surface area contributed by atoms with E-state index in [0.717, 1.165) is 12.1 Å². The molecule has 0 saturated carbocycles. The molecule has 2 aromatic heterocycles. The first-order valence-electron chi connectivity index (χ1n) is 7.42. The van der Waals surface area contributed by atoms with Crippen molar-refractivity contribution < 1.29 is 17.9 Å². The third-order valence-electron chi connectivity index (χ3n) is 3.62. The molecule has 128 valence electrons. The lowest BCUT2D eigenvalue weighted by Crippen LogP contribution is -2.21. The zero-order chi connectivity index (χ0) is 17.3. The van der Waals surface area contributed by atoms with E-state index in [0.29, 0.717) is 23.3 Å². The molecule has 0 aromatic carbocycles. The van der Waals surface area contributed by atoms with E-state index >= 15 is 0 Å². The monoisotopic (exact) mass is 413 g/mol. The highest BCUT2D eigenvalue weighted by molar-refractivity contribution is 9.10. The van der Waals surface area contributed by atoms with Gasteiger partial charge in [-0.1, -0.05) is 0 Å². The molecule has 7 nitrogen and oxygen atoms in total. The Balaban J connectivity index is 1.78. The highest BCUT2D eigenvalue weighted by atomic mass is 79.9. The Morgan fingerprint density at radius 1 is 1.42 bits per heavy atom. The molecule has 0 saturated heterocycles. The van der Waals surface area contributed by atoms with Gasteiger partial charge in [-0.2, -0.15) is 5.10 Å². The van der Waals surface area contributed by atoms with Gasteiger partial charge in [0.25, 0.3) is 0 Å². The first-order valence-corrected chi connectivity index (χ1v) is 9.86. The molecular weight excluding hydrogens is 398 g/mol. The average molecular weight is 414 g/mol. The molecule has 1 aliphatic rings. The zero-order valence-corrected chi connectivity index (χ0v) is 15.4. The highest BCUT2D eigenvalue weighted by Gasteiger charge is 2.29. The number of sulfone groups is 1. The Morgan fingerprint density at radius 2 is 2.21 bits per heavy atom. The second kappa shape index (κ2) is 6.64.